The Morgan fingerprint density at radius 3 is 2.48 bits per heavy atom. The van der Waals surface area contributed by atoms with Crippen LogP contribution in [0.2, 0.25) is 0 Å². The van der Waals surface area contributed by atoms with Gasteiger partial charge in [-0.05, 0) is 35.4 Å². The summed E-state index contributed by atoms with van der Waals surface area (Å²) in [5.41, 5.74) is 0.501. The first kappa shape index (κ1) is 24.1. The van der Waals surface area contributed by atoms with Crippen molar-refractivity contribution in [1.82, 2.24) is 14.9 Å². The monoisotopic (exact) mass is 471 g/mol. The molecule has 0 spiro atoms. The lowest BCUT2D eigenvalue weighted by molar-refractivity contribution is -0.274. The van der Waals surface area contributed by atoms with Crippen LogP contribution in [0.5, 0.6) is 5.75 Å². The number of ether oxygens (including phenoxy) is 1. The minimum atomic E-state index is -4.89. The van der Waals surface area contributed by atoms with Crippen molar-refractivity contribution in [3.63, 3.8) is 0 Å². The number of hydrogen-bond acceptors (Lipinski definition) is 5. The number of benzene rings is 2. The highest BCUT2D eigenvalue weighted by atomic mass is 19.4. The second kappa shape index (κ2) is 9.55. The van der Waals surface area contributed by atoms with E-state index in [1.54, 1.807) is 0 Å². The van der Waals surface area contributed by atoms with Crippen LogP contribution < -0.4 is 10.1 Å². The minimum Gasteiger partial charge on any atom is -0.406 e. The van der Waals surface area contributed by atoms with Crippen LogP contribution in [0.4, 0.5) is 22.0 Å². The smallest absolute Gasteiger partial charge is 0.406 e. The molecular formula is C21H18F5N3O4. The number of aliphatic hydroxyl groups excluding tert-OH is 2. The molecular weight excluding hydrogens is 453 g/mol. The van der Waals surface area contributed by atoms with Gasteiger partial charge in [0.05, 0.1) is 17.6 Å². The first-order valence-corrected chi connectivity index (χ1v) is 9.41. The molecule has 0 saturated heterocycles. The fourth-order valence-electron chi connectivity index (χ4n) is 3.37. The maximum Gasteiger partial charge on any atom is 0.573 e. The number of aromatic nitrogens is 2. The standard InChI is InChI=1S/C21H18F5N3O4/c1-2-16(32)27-8-12-7-14(11-3-5-13(6-4-11)33-21(24,25)26)18-19(17(12)15(31)9-30)29(10-28-18)20(22)23/h2-7,10,15,20,30-31H,1,8-9H2,(H,27,32)/t15-/m1/s1. The maximum absolute atomic E-state index is 13.7. The molecule has 1 heterocycles. The molecule has 1 atom stereocenters. The largest absolute Gasteiger partial charge is 0.573 e. The Balaban J connectivity index is 2.22. The van der Waals surface area contributed by atoms with E-state index < -0.39 is 37.3 Å². The van der Waals surface area contributed by atoms with Gasteiger partial charge in [0.1, 0.15) is 18.2 Å². The van der Waals surface area contributed by atoms with Crippen LogP contribution in [0.1, 0.15) is 23.8 Å². The molecule has 176 valence electrons. The van der Waals surface area contributed by atoms with Gasteiger partial charge in [0.2, 0.25) is 5.91 Å². The van der Waals surface area contributed by atoms with E-state index in [9.17, 15) is 37.0 Å². The zero-order valence-electron chi connectivity index (χ0n) is 16.8. The fraction of sp³-hybridized carbons (Fsp3) is 0.238. The Hall–Kier alpha value is -3.51. The maximum atomic E-state index is 13.7. The van der Waals surface area contributed by atoms with Gasteiger partial charge in [-0.25, -0.2) is 4.98 Å². The SMILES string of the molecule is C=CC(=O)NCc1cc(-c2ccc(OC(F)(F)F)cc2)c2ncn(C(F)F)c2c1[C@H](O)CO. The number of carbonyl (C=O) groups is 1. The zero-order chi connectivity index (χ0) is 24.3. The summed E-state index contributed by atoms with van der Waals surface area (Å²) in [4.78, 5) is 15.7. The van der Waals surface area contributed by atoms with E-state index in [1.165, 1.54) is 18.2 Å². The third kappa shape index (κ3) is 5.29. The number of halogens is 5. The second-order valence-corrected chi connectivity index (χ2v) is 6.82. The first-order valence-electron chi connectivity index (χ1n) is 9.41. The topological polar surface area (TPSA) is 96.6 Å². The van der Waals surface area contributed by atoms with E-state index in [0.29, 0.717) is 10.1 Å². The van der Waals surface area contributed by atoms with Crippen LogP contribution in [0, 0.1) is 0 Å². The van der Waals surface area contributed by atoms with E-state index in [4.69, 9.17) is 0 Å². The van der Waals surface area contributed by atoms with E-state index in [1.807, 2.05) is 0 Å². The number of fused-ring (bicyclic) bond motifs is 1. The van der Waals surface area contributed by atoms with E-state index in [-0.39, 0.29) is 34.3 Å². The van der Waals surface area contributed by atoms with Crippen LogP contribution in [-0.4, -0.2) is 38.6 Å². The van der Waals surface area contributed by atoms with Crippen molar-refractivity contribution in [2.45, 2.75) is 25.6 Å². The van der Waals surface area contributed by atoms with Crippen LogP contribution >= 0.6 is 0 Å². The molecule has 3 aromatic rings. The van der Waals surface area contributed by atoms with Crippen molar-refractivity contribution in [2.75, 3.05) is 6.61 Å². The number of nitrogens with zero attached hydrogens (tertiary/aromatic N) is 2. The summed E-state index contributed by atoms with van der Waals surface area (Å²) in [6.45, 7) is -0.746. The van der Waals surface area contributed by atoms with Crippen molar-refractivity contribution in [2.24, 2.45) is 0 Å². The highest BCUT2D eigenvalue weighted by Gasteiger charge is 2.31. The highest BCUT2D eigenvalue weighted by molar-refractivity contribution is 5.95. The van der Waals surface area contributed by atoms with Gasteiger partial charge in [-0.1, -0.05) is 18.7 Å². The predicted octanol–water partition coefficient (Wildman–Crippen LogP) is 3.82. The van der Waals surface area contributed by atoms with Crippen LogP contribution in [-0.2, 0) is 11.3 Å². The van der Waals surface area contributed by atoms with Crippen molar-refractivity contribution in [3.05, 3.63) is 60.4 Å². The third-order valence-electron chi connectivity index (χ3n) is 4.72. The van der Waals surface area contributed by atoms with Gasteiger partial charge in [0.25, 0.3) is 0 Å². The van der Waals surface area contributed by atoms with Crippen LogP contribution in [0.15, 0.2) is 49.3 Å². The number of amides is 1. The Kier molecular flexibility index (Phi) is 6.98. The van der Waals surface area contributed by atoms with Crippen molar-refractivity contribution < 1.29 is 41.7 Å². The first-order chi connectivity index (χ1) is 15.6. The molecule has 12 heteroatoms. The molecule has 1 amide bonds. The van der Waals surface area contributed by atoms with Crippen molar-refractivity contribution in [3.8, 4) is 16.9 Å². The average molecular weight is 471 g/mol. The zero-order valence-corrected chi connectivity index (χ0v) is 16.8. The number of aliphatic hydroxyl groups is 2. The molecule has 0 bridgehead atoms. The molecule has 0 radical (unpaired) electrons. The summed E-state index contributed by atoms with van der Waals surface area (Å²) in [7, 11) is 0. The molecule has 0 aliphatic carbocycles. The van der Waals surface area contributed by atoms with Gasteiger partial charge in [-0.3, -0.25) is 9.36 Å². The van der Waals surface area contributed by atoms with Gasteiger partial charge in [0.15, 0.2) is 0 Å². The van der Waals surface area contributed by atoms with Gasteiger partial charge in [-0.15, -0.1) is 13.2 Å². The quantitative estimate of drug-likeness (QED) is 0.343. The summed E-state index contributed by atoms with van der Waals surface area (Å²) in [5, 5.41) is 22.3. The lowest BCUT2D eigenvalue weighted by Gasteiger charge is -2.19. The number of imidazole rings is 1. The van der Waals surface area contributed by atoms with Crippen molar-refractivity contribution in [1.29, 1.82) is 0 Å². The van der Waals surface area contributed by atoms with Crippen LogP contribution in [0.3, 0.4) is 0 Å². The number of nitrogens with one attached hydrogen (secondary N) is 1. The summed E-state index contributed by atoms with van der Waals surface area (Å²) in [6, 6.07) is 6.11. The number of carbonyl (C=O) groups excluding carboxylic acids is 1. The Morgan fingerprint density at radius 1 is 1.27 bits per heavy atom. The minimum absolute atomic E-state index is 0.0149. The van der Waals surface area contributed by atoms with E-state index in [0.717, 1.165) is 24.5 Å². The summed E-state index contributed by atoms with van der Waals surface area (Å²) < 4.78 is 69.1. The number of alkyl halides is 5. The third-order valence-corrected chi connectivity index (χ3v) is 4.72. The Morgan fingerprint density at radius 2 is 1.94 bits per heavy atom. The van der Waals surface area contributed by atoms with Gasteiger partial charge in [-0.2, -0.15) is 8.78 Å². The molecule has 7 nitrogen and oxygen atoms in total. The second-order valence-electron chi connectivity index (χ2n) is 6.82. The lowest BCUT2D eigenvalue weighted by atomic mass is 9.93. The molecule has 0 saturated carbocycles. The molecule has 33 heavy (non-hydrogen) atoms. The molecule has 2 aromatic carbocycles. The van der Waals surface area contributed by atoms with Crippen LogP contribution in [0.25, 0.3) is 22.2 Å². The summed E-state index contributed by atoms with van der Waals surface area (Å²) in [6.07, 6.45) is -4.62. The molecule has 0 fully saturated rings. The molecule has 3 N–H and O–H groups in total. The van der Waals surface area contributed by atoms with Crippen molar-refractivity contribution >= 4 is 16.9 Å². The Bertz CT molecular complexity index is 1160. The lowest BCUT2D eigenvalue weighted by Crippen LogP contribution is -2.22. The number of hydrogen-bond donors (Lipinski definition) is 3. The molecule has 0 aliphatic heterocycles. The highest BCUT2D eigenvalue weighted by Crippen LogP contribution is 2.38. The van der Waals surface area contributed by atoms with E-state index >= 15 is 0 Å². The molecule has 0 unspecified atom stereocenters. The van der Waals surface area contributed by atoms with Gasteiger partial charge in [0, 0.05) is 17.7 Å². The summed E-state index contributed by atoms with van der Waals surface area (Å²) >= 11 is 0. The Labute approximate surface area is 183 Å². The van der Waals surface area contributed by atoms with Gasteiger partial charge >= 0.3 is 12.9 Å². The predicted molar refractivity (Wildman–Crippen MR) is 107 cm³/mol. The summed E-state index contributed by atoms with van der Waals surface area (Å²) in [5.74, 6) is -1.05. The average Bonchev–Trinajstić information content (AvgIpc) is 3.20. The van der Waals surface area contributed by atoms with E-state index in [2.05, 4.69) is 21.6 Å². The molecule has 1 aromatic heterocycles. The molecule has 3 rings (SSSR count). The number of rotatable bonds is 8. The molecule has 0 aliphatic rings. The van der Waals surface area contributed by atoms with Gasteiger partial charge < -0.3 is 20.3 Å². The fourth-order valence-corrected chi connectivity index (χ4v) is 3.37. The normalized spacial score (nSPS) is 12.7.